The predicted octanol–water partition coefficient (Wildman–Crippen LogP) is 5.92. The van der Waals surface area contributed by atoms with Crippen LogP contribution in [0.25, 0.3) is 0 Å². The van der Waals surface area contributed by atoms with Crippen LogP contribution >= 0.6 is 0 Å². The molecule has 0 atom stereocenters. The smallest absolute Gasteiger partial charge is 0.196 e. The molecule has 0 radical (unpaired) electrons. The molecule has 0 bridgehead atoms. The van der Waals surface area contributed by atoms with Crippen molar-refractivity contribution in [1.82, 2.24) is 0 Å². The molecular formula is C30H23NO4. The van der Waals surface area contributed by atoms with E-state index in [0.29, 0.717) is 16.7 Å². The van der Waals surface area contributed by atoms with Crippen molar-refractivity contribution in [3.05, 3.63) is 129 Å². The second-order valence-corrected chi connectivity index (χ2v) is 8.35. The SMILES string of the molecule is Cc1ccc(C(=O)c2cc(C(=O)c3ccc(C)cc3)c(OCc3ccc(C#N)cc3)cc2O)cc1. The quantitative estimate of drug-likeness (QED) is 0.345. The van der Waals surface area contributed by atoms with E-state index in [-0.39, 0.29) is 40.8 Å². The fourth-order valence-corrected chi connectivity index (χ4v) is 3.61. The molecule has 0 unspecified atom stereocenters. The first-order chi connectivity index (χ1) is 16.9. The van der Waals surface area contributed by atoms with Crippen LogP contribution in [0.15, 0.2) is 84.9 Å². The van der Waals surface area contributed by atoms with Crippen molar-refractivity contribution in [2.24, 2.45) is 0 Å². The Hall–Kier alpha value is -4.69. The topological polar surface area (TPSA) is 87.4 Å². The van der Waals surface area contributed by atoms with E-state index in [1.54, 1.807) is 48.5 Å². The molecule has 0 saturated heterocycles. The van der Waals surface area contributed by atoms with Gasteiger partial charge in [-0.2, -0.15) is 5.26 Å². The highest BCUT2D eigenvalue weighted by atomic mass is 16.5. The average Bonchev–Trinajstić information content (AvgIpc) is 2.88. The molecule has 0 aliphatic carbocycles. The molecule has 0 aliphatic rings. The number of nitriles is 1. The van der Waals surface area contributed by atoms with Gasteiger partial charge in [0.05, 0.1) is 22.8 Å². The number of ether oxygens (including phenoxy) is 1. The molecule has 4 aromatic carbocycles. The van der Waals surface area contributed by atoms with Gasteiger partial charge in [0.15, 0.2) is 11.6 Å². The number of ketones is 2. The van der Waals surface area contributed by atoms with Crippen LogP contribution in [0.5, 0.6) is 11.5 Å². The van der Waals surface area contributed by atoms with Gasteiger partial charge in [-0.3, -0.25) is 9.59 Å². The van der Waals surface area contributed by atoms with E-state index < -0.39 is 0 Å². The molecule has 0 amide bonds. The van der Waals surface area contributed by atoms with E-state index >= 15 is 0 Å². The van der Waals surface area contributed by atoms with Gasteiger partial charge >= 0.3 is 0 Å². The van der Waals surface area contributed by atoms with Crippen molar-refractivity contribution in [3.8, 4) is 17.6 Å². The summed E-state index contributed by atoms with van der Waals surface area (Å²) in [6.07, 6.45) is 0. The first-order valence-corrected chi connectivity index (χ1v) is 11.1. The molecule has 172 valence electrons. The number of hydrogen-bond donors (Lipinski definition) is 1. The van der Waals surface area contributed by atoms with Gasteiger partial charge in [0.1, 0.15) is 18.1 Å². The molecule has 0 saturated carbocycles. The van der Waals surface area contributed by atoms with Crippen molar-refractivity contribution in [1.29, 1.82) is 5.26 Å². The third-order valence-corrected chi connectivity index (χ3v) is 5.69. The summed E-state index contributed by atoms with van der Waals surface area (Å²) in [7, 11) is 0. The first kappa shape index (κ1) is 23.5. The third kappa shape index (κ3) is 5.29. The van der Waals surface area contributed by atoms with Crippen LogP contribution in [0.3, 0.4) is 0 Å². The Morgan fingerprint density at radius 3 is 1.80 bits per heavy atom. The van der Waals surface area contributed by atoms with Crippen LogP contribution < -0.4 is 4.74 Å². The van der Waals surface area contributed by atoms with Crippen LogP contribution in [0.1, 0.15) is 54.1 Å². The number of phenolic OH excluding ortho intramolecular Hbond substituents is 1. The highest BCUT2D eigenvalue weighted by Gasteiger charge is 2.22. The second-order valence-electron chi connectivity index (χ2n) is 8.35. The minimum atomic E-state index is -0.390. The number of aromatic hydroxyl groups is 1. The van der Waals surface area contributed by atoms with Gasteiger partial charge in [0.2, 0.25) is 0 Å². The van der Waals surface area contributed by atoms with Gasteiger partial charge in [0, 0.05) is 17.2 Å². The van der Waals surface area contributed by atoms with Crippen LogP contribution in [0, 0.1) is 25.2 Å². The molecule has 5 nitrogen and oxygen atoms in total. The number of carbonyl (C=O) groups is 2. The standard InChI is InChI=1S/C30H23NO4/c1-19-3-11-23(12-4-19)29(33)25-15-26(30(34)24-13-5-20(2)6-14-24)28(16-27(25)32)35-18-22-9-7-21(17-31)8-10-22/h3-16,32H,18H2,1-2H3. The van der Waals surface area contributed by atoms with Gasteiger partial charge in [0.25, 0.3) is 0 Å². The minimum absolute atomic E-state index is 0.0232. The summed E-state index contributed by atoms with van der Waals surface area (Å²) in [6, 6.07) is 25.8. The normalized spacial score (nSPS) is 10.4. The van der Waals surface area contributed by atoms with Gasteiger partial charge in [-0.15, -0.1) is 0 Å². The van der Waals surface area contributed by atoms with Crippen molar-refractivity contribution in [2.75, 3.05) is 0 Å². The maximum absolute atomic E-state index is 13.4. The highest BCUT2D eigenvalue weighted by molar-refractivity contribution is 6.15. The van der Waals surface area contributed by atoms with Gasteiger partial charge in [-0.05, 0) is 37.6 Å². The molecule has 35 heavy (non-hydrogen) atoms. The molecule has 0 aliphatic heterocycles. The summed E-state index contributed by atoms with van der Waals surface area (Å²) in [4.78, 5) is 26.6. The monoisotopic (exact) mass is 461 g/mol. The van der Waals surface area contributed by atoms with Crippen LogP contribution in [-0.2, 0) is 6.61 Å². The van der Waals surface area contributed by atoms with E-state index in [1.165, 1.54) is 12.1 Å². The first-order valence-electron chi connectivity index (χ1n) is 11.1. The summed E-state index contributed by atoms with van der Waals surface area (Å²) in [6.45, 7) is 3.97. The molecule has 5 heteroatoms. The predicted molar refractivity (Wildman–Crippen MR) is 133 cm³/mol. The zero-order chi connectivity index (χ0) is 24.9. The Kier molecular flexibility index (Phi) is 6.75. The van der Waals surface area contributed by atoms with Crippen molar-refractivity contribution in [2.45, 2.75) is 20.5 Å². The molecule has 1 N–H and O–H groups in total. The Morgan fingerprint density at radius 1 is 0.771 bits per heavy atom. The fraction of sp³-hybridized carbons (Fsp3) is 0.100. The summed E-state index contributed by atoms with van der Waals surface area (Å²) in [5.41, 5.74) is 4.39. The second kappa shape index (κ2) is 10.1. The number of nitrogens with zero attached hydrogens (tertiary/aromatic N) is 1. The van der Waals surface area contributed by atoms with E-state index in [0.717, 1.165) is 16.7 Å². The van der Waals surface area contributed by atoms with E-state index in [2.05, 4.69) is 6.07 Å². The highest BCUT2D eigenvalue weighted by Crippen LogP contribution is 2.32. The number of carbonyl (C=O) groups excluding carboxylic acids is 2. The number of phenols is 1. The summed E-state index contributed by atoms with van der Waals surface area (Å²) in [5, 5.41) is 19.7. The number of hydrogen-bond acceptors (Lipinski definition) is 5. The maximum atomic E-state index is 13.4. The third-order valence-electron chi connectivity index (χ3n) is 5.69. The maximum Gasteiger partial charge on any atom is 0.196 e. The lowest BCUT2D eigenvalue weighted by Crippen LogP contribution is -2.09. The van der Waals surface area contributed by atoms with Gasteiger partial charge in [-0.1, -0.05) is 71.8 Å². The molecule has 0 aromatic heterocycles. The molecule has 0 heterocycles. The van der Waals surface area contributed by atoms with E-state index in [4.69, 9.17) is 10.00 Å². The van der Waals surface area contributed by atoms with Gasteiger partial charge in [-0.25, -0.2) is 0 Å². The Labute approximate surface area is 203 Å². The van der Waals surface area contributed by atoms with Crippen molar-refractivity contribution in [3.63, 3.8) is 0 Å². The zero-order valence-corrected chi connectivity index (χ0v) is 19.4. The fourth-order valence-electron chi connectivity index (χ4n) is 3.61. The number of benzene rings is 4. The van der Waals surface area contributed by atoms with E-state index in [9.17, 15) is 14.7 Å². The summed E-state index contributed by atoms with van der Waals surface area (Å²) in [5.74, 6) is -0.819. The summed E-state index contributed by atoms with van der Waals surface area (Å²) >= 11 is 0. The van der Waals surface area contributed by atoms with Crippen LogP contribution in [-0.4, -0.2) is 16.7 Å². The zero-order valence-electron chi connectivity index (χ0n) is 19.4. The van der Waals surface area contributed by atoms with Crippen LogP contribution in [0.2, 0.25) is 0 Å². The van der Waals surface area contributed by atoms with Crippen molar-refractivity contribution < 1.29 is 19.4 Å². The summed E-state index contributed by atoms with van der Waals surface area (Å²) < 4.78 is 5.93. The lowest BCUT2D eigenvalue weighted by molar-refractivity contribution is 0.103. The largest absolute Gasteiger partial charge is 0.507 e. The molecule has 0 spiro atoms. The number of aryl methyl sites for hydroxylation is 2. The lowest BCUT2D eigenvalue weighted by atomic mass is 9.95. The van der Waals surface area contributed by atoms with Crippen molar-refractivity contribution >= 4 is 11.6 Å². The minimum Gasteiger partial charge on any atom is -0.507 e. The van der Waals surface area contributed by atoms with Gasteiger partial charge < -0.3 is 9.84 Å². The Bertz CT molecular complexity index is 1430. The molecule has 4 aromatic rings. The lowest BCUT2D eigenvalue weighted by Gasteiger charge is -2.14. The number of rotatable bonds is 7. The average molecular weight is 462 g/mol. The Balaban J connectivity index is 1.73. The Morgan fingerprint density at radius 2 is 1.29 bits per heavy atom. The van der Waals surface area contributed by atoms with E-state index in [1.807, 2.05) is 38.1 Å². The molecule has 4 rings (SSSR count). The van der Waals surface area contributed by atoms with Crippen LogP contribution in [0.4, 0.5) is 0 Å². The molecular weight excluding hydrogens is 438 g/mol. The molecule has 0 fully saturated rings.